The molecule has 0 spiro atoms. The maximum Gasteiger partial charge on any atom is 0.341 e. The van der Waals surface area contributed by atoms with E-state index in [1.807, 2.05) is 12.1 Å². The van der Waals surface area contributed by atoms with Gasteiger partial charge in [-0.3, -0.25) is 0 Å². The molecule has 4 heteroatoms. The van der Waals surface area contributed by atoms with E-state index in [2.05, 4.69) is 6.92 Å². The smallest absolute Gasteiger partial charge is 0.341 e. The van der Waals surface area contributed by atoms with Gasteiger partial charge in [0, 0.05) is 5.39 Å². The van der Waals surface area contributed by atoms with E-state index in [4.69, 9.17) is 5.11 Å². The molecule has 2 aliphatic carbocycles. The van der Waals surface area contributed by atoms with Crippen molar-refractivity contribution in [1.29, 1.82) is 0 Å². The predicted octanol–water partition coefficient (Wildman–Crippen LogP) is 8.48. The molecule has 174 valence electrons. The predicted molar refractivity (Wildman–Crippen MR) is 125 cm³/mol. The number of fused-ring (bicyclic) bond motifs is 2. The van der Waals surface area contributed by atoms with Gasteiger partial charge in [-0.05, 0) is 72.8 Å². The summed E-state index contributed by atoms with van der Waals surface area (Å²) >= 11 is 0. The second-order valence-corrected chi connectivity index (χ2v) is 10.2. The van der Waals surface area contributed by atoms with Gasteiger partial charge in [0.2, 0.25) is 0 Å². The SMILES string of the molecule is CCCCCCCC1CCC2CC(c3ccc4c(F)c(C(=O)O)c(F)cc4c3)CCC2C1. The molecule has 2 nitrogen and oxygen atoms in total. The van der Waals surface area contributed by atoms with Gasteiger partial charge in [-0.2, -0.15) is 0 Å². The molecule has 4 atom stereocenters. The van der Waals surface area contributed by atoms with Gasteiger partial charge in [0.25, 0.3) is 0 Å². The van der Waals surface area contributed by atoms with Gasteiger partial charge in [-0.25, -0.2) is 13.6 Å². The molecule has 0 aliphatic heterocycles. The van der Waals surface area contributed by atoms with E-state index in [-0.39, 0.29) is 5.39 Å². The fourth-order valence-corrected chi connectivity index (χ4v) is 6.39. The van der Waals surface area contributed by atoms with E-state index < -0.39 is 23.2 Å². The van der Waals surface area contributed by atoms with Crippen molar-refractivity contribution in [2.24, 2.45) is 17.8 Å². The first-order chi connectivity index (χ1) is 15.5. The van der Waals surface area contributed by atoms with Gasteiger partial charge in [0.1, 0.15) is 17.2 Å². The minimum Gasteiger partial charge on any atom is -0.477 e. The lowest BCUT2D eigenvalue weighted by Gasteiger charge is -2.42. The molecule has 0 bridgehead atoms. The largest absolute Gasteiger partial charge is 0.477 e. The molecule has 32 heavy (non-hydrogen) atoms. The third kappa shape index (κ3) is 5.00. The summed E-state index contributed by atoms with van der Waals surface area (Å²) in [6.45, 7) is 2.27. The number of rotatable bonds is 8. The highest BCUT2D eigenvalue weighted by Gasteiger charge is 2.36. The second kappa shape index (κ2) is 10.3. The van der Waals surface area contributed by atoms with Crippen molar-refractivity contribution in [1.82, 2.24) is 0 Å². The Morgan fingerprint density at radius 3 is 2.50 bits per heavy atom. The van der Waals surface area contributed by atoms with Crippen molar-refractivity contribution < 1.29 is 18.7 Å². The number of carboxylic acid groups (broad SMARTS) is 1. The monoisotopic (exact) mass is 442 g/mol. The van der Waals surface area contributed by atoms with Gasteiger partial charge in [0.15, 0.2) is 0 Å². The Balaban J connectivity index is 1.39. The Morgan fingerprint density at radius 1 is 0.969 bits per heavy atom. The molecule has 1 N–H and O–H groups in total. The van der Waals surface area contributed by atoms with E-state index in [0.717, 1.165) is 36.2 Å². The number of unbranched alkanes of at least 4 members (excludes halogenated alkanes) is 4. The fraction of sp³-hybridized carbons (Fsp3) is 0.607. The van der Waals surface area contributed by atoms with Crippen molar-refractivity contribution in [3.05, 3.63) is 47.0 Å². The Labute approximate surface area is 190 Å². The van der Waals surface area contributed by atoms with Crippen LogP contribution in [0, 0.1) is 29.4 Å². The highest BCUT2D eigenvalue weighted by molar-refractivity contribution is 5.95. The van der Waals surface area contributed by atoms with Gasteiger partial charge in [0.05, 0.1) is 0 Å². The Kier molecular flexibility index (Phi) is 7.48. The molecular formula is C28H36F2O2. The maximum absolute atomic E-state index is 14.5. The zero-order valence-corrected chi connectivity index (χ0v) is 19.2. The first kappa shape index (κ1) is 23.2. The molecule has 0 aromatic heterocycles. The molecule has 2 aromatic rings. The first-order valence-corrected chi connectivity index (χ1v) is 12.6. The highest BCUT2D eigenvalue weighted by atomic mass is 19.1. The average Bonchev–Trinajstić information content (AvgIpc) is 2.78. The molecule has 2 fully saturated rings. The molecule has 0 radical (unpaired) electrons. The zero-order valence-electron chi connectivity index (χ0n) is 19.2. The number of benzene rings is 2. The summed E-state index contributed by atoms with van der Waals surface area (Å²) in [5.74, 6) is -0.605. The van der Waals surface area contributed by atoms with Crippen LogP contribution < -0.4 is 0 Å². The summed E-state index contributed by atoms with van der Waals surface area (Å²) in [7, 11) is 0. The zero-order chi connectivity index (χ0) is 22.7. The summed E-state index contributed by atoms with van der Waals surface area (Å²) in [4.78, 5) is 11.2. The Morgan fingerprint density at radius 2 is 1.72 bits per heavy atom. The van der Waals surface area contributed by atoms with Gasteiger partial charge < -0.3 is 5.11 Å². The standard InChI is InChI=1S/C28H36F2O2/c1-2-3-4-5-6-7-18-8-9-20-15-21(11-10-19(20)14-18)22-12-13-24-23(16-22)17-25(29)26(27(24)30)28(31)32/h12-13,16-21H,2-11,14-15H2,1H3,(H,31,32). The molecular weight excluding hydrogens is 406 g/mol. The van der Waals surface area contributed by atoms with Crippen molar-refractivity contribution in [2.45, 2.75) is 89.9 Å². The van der Waals surface area contributed by atoms with Crippen LogP contribution in [0.4, 0.5) is 8.78 Å². The number of aromatic carboxylic acids is 1. The molecule has 0 heterocycles. The quantitative estimate of drug-likeness (QED) is 0.416. The van der Waals surface area contributed by atoms with Gasteiger partial charge in [-0.15, -0.1) is 0 Å². The van der Waals surface area contributed by atoms with E-state index in [0.29, 0.717) is 11.3 Å². The normalized spacial score (nSPS) is 25.6. The minimum absolute atomic E-state index is 0.181. The number of hydrogen-bond acceptors (Lipinski definition) is 1. The third-order valence-corrected chi connectivity index (χ3v) is 8.18. The van der Waals surface area contributed by atoms with Crippen LogP contribution in [0.25, 0.3) is 10.8 Å². The van der Waals surface area contributed by atoms with E-state index in [1.54, 1.807) is 6.07 Å². The highest BCUT2D eigenvalue weighted by Crippen LogP contribution is 2.48. The maximum atomic E-state index is 14.5. The van der Waals surface area contributed by atoms with Gasteiger partial charge >= 0.3 is 5.97 Å². The summed E-state index contributed by atoms with van der Waals surface area (Å²) in [5, 5.41) is 9.73. The van der Waals surface area contributed by atoms with Crippen LogP contribution in [0.1, 0.15) is 106 Å². The number of carboxylic acids is 1. The van der Waals surface area contributed by atoms with Crippen LogP contribution in [0.2, 0.25) is 0 Å². The number of hydrogen-bond donors (Lipinski definition) is 1. The minimum atomic E-state index is -1.57. The van der Waals surface area contributed by atoms with Crippen molar-refractivity contribution in [3.8, 4) is 0 Å². The molecule has 0 amide bonds. The van der Waals surface area contributed by atoms with E-state index in [9.17, 15) is 13.6 Å². The topological polar surface area (TPSA) is 37.3 Å². The molecule has 2 saturated carbocycles. The average molecular weight is 443 g/mol. The van der Waals surface area contributed by atoms with E-state index in [1.165, 1.54) is 70.3 Å². The van der Waals surface area contributed by atoms with Crippen LogP contribution in [0.15, 0.2) is 24.3 Å². The van der Waals surface area contributed by atoms with Gasteiger partial charge in [-0.1, -0.05) is 70.1 Å². The van der Waals surface area contributed by atoms with Crippen LogP contribution in [0.5, 0.6) is 0 Å². The summed E-state index contributed by atoms with van der Waals surface area (Å²) in [6.07, 6.45) is 15.8. The molecule has 0 saturated heterocycles. The fourth-order valence-electron chi connectivity index (χ4n) is 6.39. The Hall–Kier alpha value is -1.97. The van der Waals surface area contributed by atoms with Crippen LogP contribution in [-0.2, 0) is 0 Å². The first-order valence-electron chi connectivity index (χ1n) is 12.6. The van der Waals surface area contributed by atoms with Crippen molar-refractivity contribution >= 4 is 16.7 Å². The van der Waals surface area contributed by atoms with Crippen LogP contribution in [-0.4, -0.2) is 11.1 Å². The molecule has 4 unspecified atom stereocenters. The molecule has 2 aromatic carbocycles. The number of halogens is 2. The lowest BCUT2D eigenvalue weighted by molar-refractivity contribution is 0.0687. The van der Waals surface area contributed by atoms with E-state index >= 15 is 0 Å². The third-order valence-electron chi connectivity index (χ3n) is 8.18. The number of carbonyl (C=O) groups is 1. The lowest BCUT2D eigenvalue weighted by atomic mass is 9.63. The summed E-state index contributed by atoms with van der Waals surface area (Å²) < 4.78 is 28.7. The molecule has 4 rings (SSSR count). The molecule has 2 aliphatic rings. The lowest BCUT2D eigenvalue weighted by Crippen LogP contribution is -2.30. The van der Waals surface area contributed by atoms with Crippen LogP contribution >= 0.6 is 0 Å². The summed E-state index contributed by atoms with van der Waals surface area (Å²) in [5.41, 5.74) is 0.267. The van der Waals surface area contributed by atoms with Crippen LogP contribution in [0.3, 0.4) is 0 Å². The van der Waals surface area contributed by atoms with Crippen molar-refractivity contribution in [3.63, 3.8) is 0 Å². The van der Waals surface area contributed by atoms with Crippen molar-refractivity contribution in [2.75, 3.05) is 0 Å². The summed E-state index contributed by atoms with van der Waals surface area (Å²) in [6, 6.07) is 6.60. The Bertz CT molecular complexity index is 954. The second-order valence-electron chi connectivity index (χ2n) is 10.2.